The number of nitrogens with one attached hydrogen (secondary N) is 1. The van der Waals surface area contributed by atoms with Crippen LogP contribution in [0.4, 0.5) is 11.4 Å². The zero-order valence-corrected chi connectivity index (χ0v) is 17.3. The second-order valence-corrected chi connectivity index (χ2v) is 9.84. The van der Waals surface area contributed by atoms with E-state index in [0.29, 0.717) is 12.1 Å². The molecular formula is C22H26N2O3S. The van der Waals surface area contributed by atoms with Gasteiger partial charge in [0.1, 0.15) is 0 Å². The van der Waals surface area contributed by atoms with Crippen LogP contribution in [0, 0.1) is 19.8 Å². The van der Waals surface area contributed by atoms with E-state index in [0.717, 1.165) is 41.6 Å². The molecular weight excluding hydrogens is 372 g/mol. The molecule has 1 N–H and O–H groups in total. The van der Waals surface area contributed by atoms with E-state index in [-0.39, 0.29) is 22.8 Å². The summed E-state index contributed by atoms with van der Waals surface area (Å²) in [6.45, 7) is 5.91. The molecule has 0 bridgehead atoms. The first-order valence-corrected chi connectivity index (χ1v) is 11.3. The maximum atomic E-state index is 12.9. The first-order chi connectivity index (χ1) is 13.2. The monoisotopic (exact) mass is 398 g/mol. The Hall–Kier alpha value is -2.34. The number of benzene rings is 2. The number of rotatable bonds is 4. The first kappa shape index (κ1) is 19.0. The van der Waals surface area contributed by atoms with Gasteiger partial charge in [-0.05, 0) is 87.1 Å². The SMILES string of the molecule is Cc1cc(C)cc(NS(=O)(=O)c2ccc3c(c2)C[C@@H](C)N3C(=O)C2CCC2)c1. The second-order valence-electron chi connectivity index (χ2n) is 8.16. The topological polar surface area (TPSA) is 66.5 Å². The Labute approximate surface area is 166 Å². The summed E-state index contributed by atoms with van der Waals surface area (Å²) in [5.74, 6) is 0.310. The minimum absolute atomic E-state index is 0.0634. The molecule has 0 radical (unpaired) electrons. The number of carbonyl (C=O) groups is 1. The lowest BCUT2D eigenvalue weighted by Crippen LogP contribution is -2.42. The molecule has 1 aliphatic carbocycles. The molecule has 1 aliphatic heterocycles. The van der Waals surface area contributed by atoms with Crippen molar-refractivity contribution in [3.8, 4) is 0 Å². The summed E-state index contributed by atoms with van der Waals surface area (Å²) in [4.78, 5) is 14.9. The highest BCUT2D eigenvalue weighted by atomic mass is 32.2. The average Bonchev–Trinajstić information content (AvgIpc) is 2.86. The molecule has 28 heavy (non-hydrogen) atoms. The fourth-order valence-electron chi connectivity index (χ4n) is 4.21. The van der Waals surface area contributed by atoms with Crippen molar-refractivity contribution in [1.29, 1.82) is 0 Å². The van der Waals surface area contributed by atoms with E-state index < -0.39 is 10.0 Å². The molecule has 4 rings (SSSR count). The van der Waals surface area contributed by atoms with Gasteiger partial charge in [-0.2, -0.15) is 0 Å². The van der Waals surface area contributed by atoms with Gasteiger partial charge in [0.25, 0.3) is 10.0 Å². The fraction of sp³-hybridized carbons (Fsp3) is 0.409. The van der Waals surface area contributed by atoms with E-state index in [9.17, 15) is 13.2 Å². The van der Waals surface area contributed by atoms with Crippen molar-refractivity contribution in [1.82, 2.24) is 0 Å². The van der Waals surface area contributed by atoms with Crippen LogP contribution >= 0.6 is 0 Å². The van der Waals surface area contributed by atoms with Crippen LogP contribution in [0.2, 0.25) is 0 Å². The van der Waals surface area contributed by atoms with Crippen LogP contribution in [0.5, 0.6) is 0 Å². The van der Waals surface area contributed by atoms with Crippen molar-refractivity contribution in [3.63, 3.8) is 0 Å². The predicted octanol–water partition coefficient (Wildman–Crippen LogP) is 4.18. The minimum Gasteiger partial charge on any atom is -0.309 e. The molecule has 1 saturated carbocycles. The van der Waals surface area contributed by atoms with Gasteiger partial charge in [0.15, 0.2) is 0 Å². The third-order valence-electron chi connectivity index (χ3n) is 5.74. The normalized spacial score (nSPS) is 19.2. The van der Waals surface area contributed by atoms with Crippen LogP contribution in [0.3, 0.4) is 0 Å². The Bertz CT molecular complexity index is 1020. The van der Waals surface area contributed by atoms with Crippen molar-refractivity contribution >= 4 is 27.3 Å². The molecule has 5 nitrogen and oxygen atoms in total. The molecule has 1 amide bonds. The number of hydrogen-bond donors (Lipinski definition) is 1. The highest BCUT2D eigenvalue weighted by Crippen LogP contribution is 2.38. The largest absolute Gasteiger partial charge is 0.309 e. The van der Waals surface area contributed by atoms with Gasteiger partial charge < -0.3 is 4.90 Å². The van der Waals surface area contributed by atoms with Crippen LogP contribution in [-0.2, 0) is 21.2 Å². The maximum Gasteiger partial charge on any atom is 0.261 e. The highest BCUT2D eigenvalue weighted by molar-refractivity contribution is 7.92. The van der Waals surface area contributed by atoms with Crippen molar-refractivity contribution in [3.05, 3.63) is 53.1 Å². The van der Waals surface area contributed by atoms with Crippen LogP contribution in [0.15, 0.2) is 41.3 Å². The van der Waals surface area contributed by atoms with Crippen LogP contribution in [-0.4, -0.2) is 20.4 Å². The summed E-state index contributed by atoms with van der Waals surface area (Å²) in [6, 6.07) is 10.8. The second kappa shape index (κ2) is 6.92. The summed E-state index contributed by atoms with van der Waals surface area (Å²) >= 11 is 0. The summed E-state index contributed by atoms with van der Waals surface area (Å²) in [5, 5.41) is 0. The molecule has 0 unspecified atom stereocenters. The Morgan fingerprint density at radius 3 is 2.36 bits per heavy atom. The zero-order valence-electron chi connectivity index (χ0n) is 16.5. The van der Waals surface area contributed by atoms with Gasteiger partial charge >= 0.3 is 0 Å². The molecule has 1 heterocycles. The standard InChI is InChI=1S/C22H26N2O3S/c1-14-9-15(2)11-19(10-14)23-28(26,27)20-7-8-21-18(13-20)12-16(3)24(21)22(25)17-5-4-6-17/h7-11,13,16-17,23H,4-6,12H2,1-3H3/t16-/m1/s1. The number of hydrogen-bond acceptors (Lipinski definition) is 3. The summed E-state index contributed by atoms with van der Waals surface area (Å²) in [6.07, 6.45) is 3.72. The van der Waals surface area contributed by atoms with Gasteiger partial charge in [0.05, 0.1) is 4.90 Å². The Kier molecular flexibility index (Phi) is 4.70. The molecule has 1 fully saturated rings. The first-order valence-electron chi connectivity index (χ1n) is 9.82. The average molecular weight is 399 g/mol. The number of nitrogens with zero attached hydrogens (tertiary/aromatic N) is 1. The van der Waals surface area contributed by atoms with Gasteiger partial charge in [-0.3, -0.25) is 9.52 Å². The van der Waals surface area contributed by atoms with E-state index in [1.54, 1.807) is 18.2 Å². The fourth-order valence-corrected chi connectivity index (χ4v) is 5.30. The predicted molar refractivity (Wildman–Crippen MR) is 111 cm³/mol. The summed E-state index contributed by atoms with van der Waals surface area (Å²) in [7, 11) is -3.69. The number of anilines is 2. The highest BCUT2D eigenvalue weighted by Gasteiger charge is 2.37. The molecule has 0 saturated heterocycles. The van der Waals surface area contributed by atoms with Gasteiger partial charge in [0.2, 0.25) is 5.91 Å². The maximum absolute atomic E-state index is 12.9. The summed E-state index contributed by atoms with van der Waals surface area (Å²) in [5.41, 5.74) is 4.35. The van der Waals surface area contributed by atoms with E-state index in [1.165, 1.54) is 0 Å². The third kappa shape index (κ3) is 3.41. The molecule has 2 aliphatic rings. The number of sulfonamides is 1. The van der Waals surface area contributed by atoms with Crippen molar-refractivity contribution in [2.45, 2.75) is 57.4 Å². The van der Waals surface area contributed by atoms with E-state index in [2.05, 4.69) is 4.72 Å². The van der Waals surface area contributed by atoms with Crippen molar-refractivity contribution in [2.75, 3.05) is 9.62 Å². The number of aryl methyl sites for hydroxylation is 2. The zero-order chi connectivity index (χ0) is 20.1. The lowest BCUT2D eigenvalue weighted by atomic mass is 9.84. The lowest BCUT2D eigenvalue weighted by molar-refractivity contribution is -0.125. The van der Waals surface area contributed by atoms with Gasteiger partial charge in [-0.15, -0.1) is 0 Å². The molecule has 6 heteroatoms. The van der Waals surface area contributed by atoms with Gasteiger partial charge in [-0.1, -0.05) is 12.5 Å². The molecule has 0 aromatic heterocycles. The smallest absolute Gasteiger partial charge is 0.261 e. The Morgan fingerprint density at radius 1 is 1.07 bits per heavy atom. The van der Waals surface area contributed by atoms with Gasteiger partial charge in [-0.25, -0.2) is 8.42 Å². The van der Waals surface area contributed by atoms with Crippen molar-refractivity contribution in [2.24, 2.45) is 5.92 Å². The number of amides is 1. The Morgan fingerprint density at radius 2 is 1.75 bits per heavy atom. The molecule has 148 valence electrons. The Balaban J connectivity index is 1.62. The van der Waals surface area contributed by atoms with Crippen LogP contribution in [0.25, 0.3) is 0 Å². The molecule has 2 aromatic carbocycles. The van der Waals surface area contributed by atoms with Crippen molar-refractivity contribution < 1.29 is 13.2 Å². The van der Waals surface area contributed by atoms with E-state index in [1.807, 2.05) is 43.9 Å². The summed E-state index contributed by atoms with van der Waals surface area (Å²) < 4.78 is 28.5. The quantitative estimate of drug-likeness (QED) is 0.840. The molecule has 1 atom stereocenters. The van der Waals surface area contributed by atoms with Gasteiger partial charge in [0, 0.05) is 23.3 Å². The molecule has 0 spiro atoms. The third-order valence-corrected chi connectivity index (χ3v) is 7.12. The van der Waals surface area contributed by atoms with E-state index >= 15 is 0 Å². The van der Waals surface area contributed by atoms with E-state index in [4.69, 9.17) is 0 Å². The lowest BCUT2D eigenvalue weighted by Gasteiger charge is -2.32. The van der Waals surface area contributed by atoms with Crippen LogP contribution < -0.4 is 9.62 Å². The van der Waals surface area contributed by atoms with Crippen LogP contribution in [0.1, 0.15) is 42.9 Å². The number of carbonyl (C=O) groups excluding carboxylic acids is 1. The molecule has 2 aromatic rings. The minimum atomic E-state index is -3.69. The number of fused-ring (bicyclic) bond motifs is 1.